The molecule has 1 fully saturated rings. The first-order chi connectivity index (χ1) is 12.2. The number of amides is 1. The summed E-state index contributed by atoms with van der Waals surface area (Å²) in [6, 6.07) is 3.50. The first-order valence-electron chi connectivity index (χ1n) is 8.98. The molecule has 1 saturated heterocycles. The maximum atomic E-state index is 12.1. The van der Waals surface area contributed by atoms with Gasteiger partial charge in [-0.25, -0.2) is 14.6 Å². The van der Waals surface area contributed by atoms with Crippen molar-refractivity contribution in [3.8, 4) is 0 Å². The number of esters is 1. The van der Waals surface area contributed by atoms with Gasteiger partial charge in [-0.3, -0.25) is 0 Å². The Balaban J connectivity index is 1.88. The zero-order chi connectivity index (χ0) is 19.3. The Kier molecular flexibility index (Phi) is 6.45. The Labute approximate surface area is 155 Å². The molecule has 0 aromatic carbocycles. The maximum absolute atomic E-state index is 12.1. The van der Waals surface area contributed by atoms with Crippen molar-refractivity contribution in [2.75, 3.05) is 25.5 Å². The van der Waals surface area contributed by atoms with Crippen molar-refractivity contribution in [2.24, 2.45) is 5.92 Å². The molecule has 2 heterocycles. The molecule has 1 aromatic rings. The molecule has 0 aliphatic carbocycles. The first-order valence-corrected chi connectivity index (χ1v) is 8.98. The average molecular weight is 363 g/mol. The number of carbonyl (C=O) groups is 2. The molecule has 2 rings (SSSR count). The van der Waals surface area contributed by atoms with Gasteiger partial charge in [-0.1, -0.05) is 0 Å². The molecular weight excluding hydrogens is 334 g/mol. The van der Waals surface area contributed by atoms with Crippen LogP contribution in [-0.4, -0.2) is 53.8 Å². The highest BCUT2D eigenvalue weighted by atomic mass is 16.6. The summed E-state index contributed by atoms with van der Waals surface area (Å²) in [7, 11) is 1.36. The third-order valence-corrected chi connectivity index (χ3v) is 4.46. The Morgan fingerprint density at radius 2 is 1.96 bits per heavy atom. The number of carbonyl (C=O) groups excluding carboxylic acids is 2. The molecule has 1 aliphatic heterocycles. The Bertz CT molecular complexity index is 634. The number of methoxy groups -OCH3 is 1. The number of piperidine rings is 1. The minimum absolute atomic E-state index is 0.177. The second-order valence-corrected chi connectivity index (χ2v) is 7.66. The molecule has 1 aromatic heterocycles. The van der Waals surface area contributed by atoms with E-state index in [-0.39, 0.29) is 18.1 Å². The van der Waals surface area contributed by atoms with E-state index < -0.39 is 5.60 Å². The number of rotatable bonds is 4. The third-order valence-electron chi connectivity index (χ3n) is 4.46. The first kappa shape index (κ1) is 20.0. The molecule has 0 saturated carbocycles. The number of anilines is 1. The summed E-state index contributed by atoms with van der Waals surface area (Å²) >= 11 is 0. The number of ether oxygens (including phenoxy) is 2. The molecule has 0 bridgehead atoms. The van der Waals surface area contributed by atoms with Gasteiger partial charge in [0.15, 0.2) is 0 Å². The van der Waals surface area contributed by atoms with Crippen molar-refractivity contribution in [2.45, 2.75) is 52.2 Å². The average Bonchev–Trinajstić information content (AvgIpc) is 2.60. The van der Waals surface area contributed by atoms with Crippen LogP contribution in [0.25, 0.3) is 0 Å². The lowest BCUT2D eigenvalue weighted by atomic mass is 9.90. The van der Waals surface area contributed by atoms with Crippen LogP contribution in [0, 0.1) is 5.92 Å². The van der Waals surface area contributed by atoms with E-state index in [4.69, 9.17) is 9.47 Å². The van der Waals surface area contributed by atoms with Gasteiger partial charge >= 0.3 is 12.1 Å². The summed E-state index contributed by atoms with van der Waals surface area (Å²) in [6.07, 6.45) is 3.13. The van der Waals surface area contributed by atoms with Gasteiger partial charge in [0.1, 0.15) is 11.4 Å². The van der Waals surface area contributed by atoms with Crippen LogP contribution in [0.2, 0.25) is 0 Å². The van der Waals surface area contributed by atoms with E-state index in [1.165, 1.54) is 7.11 Å². The van der Waals surface area contributed by atoms with Crippen molar-refractivity contribution < 1.29 is 19.1 Å². The zero-order valence-electron chi connectivity index (χ0n) is 16.2. The Morgan fingerprint density at radius 1 is 1.31 bits per heavy atom. The lowest BCUT2D eigenvalue weighted by Gasteiger charge is -2.36. The van der Waals surface area contributed by atoms with Crippen molar-refractivity contribution in [1.29, 1.82) is 0 Å². The number of nitrogens with one attached hydrogen (secondary N) is 1. The van der Waals surface area contributed by atoms with Gasteiger partial charge in [0.2, 0.25) is 0 Å². The van der Waals surface area contributed by atoms with E-state index in [9.17, 15) is 9.59 Å². The minimum Gasteiger partial charge on any atom is -0.465 e. The van der Waals surface area contributed by atoms with Crippen LogP contribution in [0.3, 0.4) is 0 Å². The van der Waals surface area contributed by atoms with Crippen molar-refractivity contribution >= 4 is 17.9 Å². The van der Waals surface area contributed by atoms with E-state index in [1.54, 1.807) is 23.2 Å². The van der Waals surface area contributed by atoms with E-state index in [0.29, 0.717) is 30.4 Å². The molecule has 7 heteroatoms. The summed E-state index contributed by atoms with van der Waals surface area (Å²) in [4.78, 5) is 29.8. The number of hydrogen-bond acceptors (Lipinski definition) is 6. The second kappa shape index (κ2) is 8.38. The van der Waals surface area contributed by atoms with Crippen molar-refractivity contribution in [3.05, 3.63) is 23.9 Å². The quantitative estimate of drug-likeness (QED) is 0.827. The molecule has 1 amide bonds. The SMILES string of the molecule is COC(=O)c1ccnc(NC(C)C2CCN(C(=O)OC(C)(C)C)CC2)c1. The Hall–Kier alpha value is -2.31. The van der Waals surface area contributed by atoms with Crippen LogP contribution in [0.15, 0.2) is 18.3 Å². The highest BCUT2D eigenvalue weighted by molar-refractivity contribution is 5.89. The Morgan fingerprint density at radius 3 is 2.54 bits per heavy atom. The van der Waals surface area contributed by atoms with Gasteiger partial charge in [-0.05, 0) is 58.6 Å². The predicted molar refractivity (Wildman–Crippen MR) is 99.2 cm³/mol. The fourth-order valence-electron chi connectivity index (χ4n) is 3.01. The van der Waals surface area contributed by atoms with Gasteiger partial charge < -0.3 is 19.7 Å². The van der Waals surface area contributed by atoms with Crippen LogP contribution < -0.4 is 5.32 Å². The lowest BCUT2D eigenvalue weighted by molar-refractivity contribution is 0.0179. The number of aromatic nitrogens is 1. The number of likely N-dealkylation sites (tertiary alicyclic amines) is 1. The molecule has 1 N–H and O–H groups in total. The monoisotopic (exact) mass is 363 g/mol. The molecule has 0 spiro atoms. The molecular formula is C19H29N3O4. The maximum Gasteiger partial charge on any atom is 0.410 e. The van der Waals surface area contributed by atoms with E-state index in [0.717, 1.165) is 12.8 Å². The van der Waals surface area contributed by atoms with E-state index >= 15 is 0 Å². The standard InChI is InChI=1S/C19H29N3O4/c1-13(21-16-12-15(6-9-20-16)17(23)25-5)14-7-10-22(11-8-14)18(24)26-19(2,3)4/h6,9,12-14H,7-8,10-11H2,1-5H3,(H,20,21). The van der Waals surface area contributed by atoms with Gasteiger partial charge in [0.25, 0.3) is 0 Å². The van der Waals surface area contributed by atoms with E-state index in [2.05, 4.69) is 17.2 Å². The molecule has 144 valence electrons. The molecule has 1 aliphatic rings. The molecule has 1 atom stereocenters. The highest BCUT2D eigenvalue weighted by Crippen LogP contribution is 2.24. The summed E-state index contributed by atoms with van der Waals surface area (Å²) < 4.78 is 10.2. The number of nitrogens with zero attached hydrogens (tertiary/aromatic N) is 2. The number of pyridine rings is 1. The fraction of sp³-hybridized carbons (Fsp3) is 0.632. The van der Waals surface area contributed by atoms with Gasteiger partial charge in [-0.2, -0.15) is 0 Å². The van der Waals surface area contributed by atoms with Crippen LogP contribution in [0.1, 0.15) is 50.9 Å². The van der Waals surface area contributed by atoms with Crippen LogP contribution in [0.4, 0.5) is 10.6 Å². The lowest BCUT2D eigenvalue weighted by Crippen LogP contribution is -2.44. The van der Waals surface area contributed by atoms with Crippen LogP contribution in [0.5, 0.6) is 0 Å². The summed E-state index contributed by atoms with van der Waals surface area (Å²) in [5, 5.41) is 3.36. The molecule has 26 heavy (non-hydrogen) atoms. The zero-order valence-corrected chi connectivity index (χ0v) is 16.2. The van der Waals surface area contributed by atoms with Crippen LogP contribution >= 0.6 is 0 Å². The van der Waals surface area contributed by atoms with Crippen molar-refractivity contribution in [3.63, 3.8) is 0 Å². The molecule has 1 unspecified atom stereocenters. The summed E-state index contributed by atoms with van der Waals surface area (Å²) in [5.41, 5.74) is -0.00372. The minimum atomic E-state index is -0.473. The normalized spacial score (nSPS) is 16.7. The largest absolute Gasteiger partial charge is 0.465 e. The third kappa shape index (κ3) is 5.61. The topological polar surface area (TPSA) is 80.8 Å². The smallest absolute Gasteiger partial charge is 0.410 e. The summed E-state index contributed by atoms with van der Waals surface area (Å²) in [6.45, 7) is 9.08. The van der Waals surface area contributed by atoms with E-state index in [1.807, 2.05) is 20.8 Å². The predicted octanol–water partition coefficient (Wildman–Crippen LogP) is 3.32. The molecule has 0 radical (unpaired) electrons. The van der Waals surface area contributed by atoms with Gasteiger partial charge in [0.05, 0.1) is 12.7 Å². The highest BCUT2D eigenvalue weighted by Gasteiger charge is 2.29. The number of hydrogen-bond donors (Lipinski definition) is 1. The second-order valence-electron chi connectivity index (χ2n) is 7.66. The van der Waals surface area contributed by atoms with Gasteiger partial charge in [0, 0.05) is 25.3 Å². The summed E-state index contributed by atoms with van der Waals surface area (Å²) in [5.74, 6) is 0.681. The van der Waals surface area contributed by atoms with Crippen LogP contribution in [-0.2, 0) is 9.47 Å². The van der Waals surface area contributed by atoms with Gasteiger partial charge in [-0.15, -0.1) is 0 Å². The molecule has 7 nitrogen and oxygen atoms in total. The fourth-order valence-corrected chi connectivity index (χ4v) is 3.01. The van der Waals surface area contributed by atoms with Crippen molar-refractivity contribution in [1.82, 2.24) is 9.88 Å².